The van der Waals surface area contributed by atoms with Crippen LogP contribution in [0.15, 0.2) is 18.2 Å². The second-order valence-electron chi connectivity index (χ2n) is 3.35. The molecule has 96 valence electrons. The van der Waals surface area contributed by atoms with Crippen molar-refractivity contribution in [2.45, 2.75) is 18.8 Å². The molecule has 0 saturated heterocycles. The zero-order valence-electron chi connectivity index (χ0n) is 8.67. The van der Waals surface area contributed by atoms with Gasteiger partial charge in [-0.2, -0.15) is 0 Å². The zero-order valence-corrected chi connectivity index (χ0v) is 8.67. The first-order valence-electron chi connectivity index (χ1n) is 4.73. The Morgan fingerprint density at radius 1 is 1.35 bits per heavy atom. The van der Waals surface area contributed by atoms with Crippen LogP contribution in [0.3, 0.4) is 0 Å². The molecule has 3 N–H and O–H groups in total. The lowest BCUT2D eigenvalue weighted by Crippen LogP contribution is -2.18. The quantitative estimate of drug-likeness (QED) is 0.811. The van der Waals surface area contributed by atoms with Crippen molar-refractivity contribution in [3.05, 3.63) is 23.8 Å². The first-order valence-corrected chi connectivity index (χ1v) is 4.73. The number of aromatic hydroxyl groups is 1. The van der Waals surface area contributed by atoms with Crippen molar-refractivity contribution < 1.29 is 27.4 Å². The maximum Gasteiger partial charge on any atom is 0.573 e. The number of phenolic OH excluding ortho intramolecular Hbond substituents is 1. The lowest BCUT2D eigenvalue weighted by molar-refractivity contribution is -0.274. The van der Waals surface area contributed by atoms with Gasteiger partial charge in [0.15, 0.2) is 0 Å². The van der Waals surface area contributed by atoms with Crippen molar-refractivity contribution in [3.63, 3.8) is 0 Å². The van der Waals surface area contributed by atoms with Crippen LogP contribution in [0.2, 0.25) is 0 Å². The molecule has 0 radical (unpaired) electrons. The minimum absolute atomic E-state index is 0.0180. The van der Waals surface area contributed by atoms with Crippen LogP contribution in [-0.4, -0.2) is 18.1 Å². The molecule has 1 atom stereocenters. The Labute approximate surface area is 94.8 Å². The molecule has 1 aromatic rings. The van der Waals surface area contributed by atoms with Crippen LogP contribution < -0.4 is 10.5 Å². The van der Waals surface area contributed by atoms with Crippen molar-refractivity contribution >= 4 is 0 Å². The number of rotatable bonds is 4. The number of hydrogen-bond acceptors (Lipinski definition) is 3. The summed E-state index contributed by atoms with van der Waals surface area (Å²) in [7, 11) is 0. The fourth-order valence-electron chi connectivity index (χ4n) is 1.30. The van der Waals surface area contributed by atoms with E-state index in [9.17, 15) is 22.7 Å². The van der Waals surface area contributed by atoms with Gasteiger partial charge in [0.25, 0.3) is 0 Å². The van der Waals surface area contributed by atoms with E-state index in [1.807, 2.05) is 0 Å². The maximum absolute atomic E-state index is 12.1. The Morgan fingerprint density at radius 3 is 2.53 bits per heavy atom. The van der Waals surface area contributed by atoms with Crippen molar-refractivity contribution in [2.75, 3.05) is 6.67 Å². The van der Waals surface area contributed by atoms with Gasteiger partial charge in [-0.25, -0.2) is 0 Å². The van der Waals surface area contributed by atoms with E-state index in [0.29, 0.717) is 0 Å². The summed E-state index contributed by atoms with van der Waals surface area (Å²) in [6, 6.07) is 2.04. The third kappa shape index (κ3) is 4.10. The molecule has 0 bridgehead atoms. The van der Waals surface area contributed by atoms with Crippen molar-refractivity contribution in [1.29, 1.82) is 0 Å². The average molecular weight is 253 g/mol. The summed E-state index contributed by atoms with van der Waals surface area (Å²) in [5.41, 5.74) is 5.52. The van der Waals surface area contributed by atoms with Gasteiger partial charge in [-0.15, -0.1) is 13.2 Å². The van der Waals surface area contributed by atoms with Crippen molar-refractivity contribution in [2.24, 2.45) is 5.73 Å². The Balaban J connectivity index is 2.94. The topological polar surface area (TPSA) is 55.5 Å². The first-order chi connectivity index (χ1) is 7.83. The number of alkyl halides is 4. The minimum Gasteiger partial charge on any atom is -0.508 e. The predicted octanol–water partition coefficient (Wildman–Crippen LogP) is 2.65. The monoisotopic (exact) mass is 253 g/mol. The second-order valence-corrected chi connectivity index (χ2v) is 3.35. The van der Waals surface area contributed by atoms with Crippen LogP contribution in [0.4, 0.5) is 17.6 Å². The molecule has 0 aliphatic carbocycles. The molecular weight excluding hydrogens is 242 g/mol. The third-order valence-electron chi connectivity index (χ3n) is 2.05. The molecule has 0 heterocycles. The molecule has 0 aromatic heterocycles. The Morgan fingerprint density at radius 2 is 2.00 bits per heavy atom. The zero-order chi connectivity index (χ0) is 13.1. The Kier molecular flexibility index (Phi) is 4.17. The lowest BCUT2D eigenvalue weighted by atomic mass is 10.0. The van der Waals surface area contributed by atoms with Crippen LogP contribution in [0.1, 0.15) is 18.0 Å². The highest BCUT2D eigenvalue weighted by molar-refractivity contribution is 5.41. The smallest absolute Gasteiger partial charge is 0.508 e. The van der Waals surface area contributed by atoms with E-state index in [-0.39, 0.29) is 17.7 Å². The fourth-order valence-corrected chi connectivity index (χ4v) is 1.30. The van der Waals surface area contributed by atoms with Gasteiger partial charge < -0.3 is 15.6 Å². The van der Waals surface area contributed by atoms with Gasteiger partial charge in [-0.3, -0.25) is 4.39 Å². The van der Waals surface area contributed by atoms with E-state index >= 15 is 0 Å². The van der Waals surface area contributed by atoms with Crippen LogP contribution in [0.5, 0.6) is 11.5 Å². The predicted molar refractivity (Wildman–Crippen MR) is 52.3 cm³/mol. The molecule has 0 saturated carbocycles. The van der Waals surface area contributed by atoms with E-state index < -0.39 is 24.8 Å². The molecule has 0 amide bonds. The molecule has 0 aliphatic rings. The number of halogens is 4. The van der Waals surface area contributed by atoms with E-state index in [0.717, 1.165) is 18.2 Å². The van der Waals surface area contributed by atoms with Crippen LogP contribution in [-0.2, 0) is 0 Å². The maximum atomic E-state index is 12.1. The first kappa shape index (κ1) is 13.6. The molecule has 0 fully saturated rings. The highest BCUT2D eigenvalue weighted by Crippen LogP contribution is 2.31. The van der Waals surface area contributed by atoms with Crippen LogP contribution in [0.25, 0.3) is 0 Å². The summed E-state index contributed by atoms with van der Waals surface area (Å²) in [6.45, 7) is -0.731. The van der Waals surface area contributed by atoms with Crippen molar-refractivity contribution in [1.82, 2.24) is 0 Å². The lowest BCUT2D eigenvalue weighted by Gasteiger charge is -2.14. The van der Waals surface area contributed by atoms with Crippen LogP contribution in [0, 0.1) is 0 Å². The molecule has 1 rings (SSSR count). The van der Waals surface area contributed by atoms with E-state index in [1.54, 1.807) is 0 Å². The van der Waals surface area contributed by atoms with Gasteiger partial charge in [-0.1, -0.05) is 0 Å². The van der Waals surface area contributed by atoms with Gasteiger partial charge in [-0.05, 0) is 24.6 Å². The largest absolute Gasteiger partial charge is 0.573 e. The summed E-state index contributed by atoms with van der Waals surface area (Å²) in [4.78, 5) is 0. The van der Waals surface area contributed by atoms with Crippen LogP contribution >= 0.6 is 0 Å². The number of phenols is 1. The number of ether oxygens (including phenoxy) is 1. The second kappa shape index (κ2) is 5.22. The minimum atomic E-state index is -4.82. The molecule has 0 spiro atoms. The fraction of sp³-hybridized carbons (Fsp3) is 0.400. The average Bonchev–Trinajstić information content (AvgIpc) is 2.19. The number of benzene rings is 1. The summed E-state index contributed by atoms with van der Waals surface area (Å²) >= 11 is 0. The highest BCUT2D eigenvalue weighted by Gasteiger charge is 2.31. The Hall–Kier alpha value is -1.50. The Bertz CT molecular complexity index is 381. The highest BCUT2D eigenvalue weighted by atomic mass is 19.4. The van der Waals surface area contributed by atoms with Gasteiger partial charge in [0, 0.05) is 11.6 Å². The third-order valence-corrected chi connectivity index (χ3v) is 2.05. The standard InChI is InChI=1S/C10H11F4NO2/c11-4-3-8(15)7-5-6(1-2-9(7)16)17-10(12,13)14/h1-2,5,8,16H,3-4,15H2/t8-/m0/s1. The van der Waals surface area contributed by atoms with Gasteiger partial charge in [0.05, 0.1) is 6.67 Å². The molecule has 7 heteroatoms. The van der Waals surface area contributed by atoms with Gasteiger partial charge >= 0.3 is 6.36 Å². The summed E-state index contributed by atoms with van der Waals surface area (Å²) in [5, 5.41) is 9.39. The van der Waals surface area contributed by atoms with E-state index in [2.05, 4.69) is 4.74 Å². The van der Waals surface area contributed by atoms with Gasteiger partial charge in [0.2, 0.25) is 0 Å². The van der Waals surface area contributed by atoms with E-state index in [4.69, 9.17) is 5.73 Å². The summed E-state index contributed by atoms with van der Waals surface area (Å²) in [6.07, 6.45) is -4.92. The molecular formula is C10H11F4NO2. The van der Waals surface area contributed by atoms with E-state index in [1.165, 1.54) is 0 Å². The molecule has 0 unspecified atom stereocenters. The SMILES string of the molecule is N[C@@H](CCF)c1cc(OC(F)(F)F)ccc1O. The molecule has 3 nitrogen and oxygen atoms in total. The van der Waals surface area contributed by atoms with Gasteiger partial charge in [0.1, 0.15) is 11.5 Å². The summed E-state index contributed by atoms with van der Waals surface area (Å²) < 4.78 is 51.6. The summed E-state index contributed by atoms with van der Waals surface area (Å²) in [5.74, 6) is -0.792. The molecule has 0 aliphatic heterocycles. The van der Waals surface area contributed by atoms with Crippen molar-refractivity contribution in [3.8, 4) is 11.5 Å². The normalized spacial score (nSPS) is 13.5. The number of hydrogen-bond donors (Lipinski definition) is 2. The molecule has 1 aromatic carbocycles. The number of nitrogens with two attached hydrogens (primary N) is 1. The molecule has 17 heavy (non-hydrogen) atoms.